The van der Waals surface area contributed by atoms with Gasteiger partial charge in [-0.3, -0.25) is 0 Å². The lowest BCUT2D eigenvalue weighted by Crippen LogP contribution is -2.36. The highest BCUT2D eigenvalue weighted by Gasteiger charge is 2.10. The molecule has 0 amide bonds. The maximum atomic E-state index is 5.37. The third kappa shape index (κ3) is 4.59. The molecular weight excluding hydrogens is 236 g/mol. The van der Waals surface area contributed by atoms with E-state index in [2.05, 4.69) is 46.3 Å². The molecule has 0 aromatic heterocycles. The maximum absolute atomic E-state index is 5.37. The summed E-state index contributed by atoms with van der Waals surface area (Å²) in [6.07, 6.45) is 0.919. The summed E-state index contributed by atoms with van der Waals surface area (Å²) < 4.78 is 5.37. The zero-order chi connectivity index (χ0) is 13.3. The van der Waals surface area contributed by atoms with Crippen LogP contribution in [0.25, 0.3) is 0 Å². The molecule has 0 radical (unpaired) electrons. The molecule has 102 valence electrons. The minimum absolute atomic E-state index is 0.835. The molecule has 0 saturated carbocycles. The Morgan fingerprint density at radius 2 is 1.95 bits per heavy atom. The highest BCUT2D eigenvalue weighted by atomic mass is 16.5. The predicted octanol–water partition coefficient (Wildman–Crippen LogP) is 2.03. The van der Waals surface area contributed by atoms with Crippen molar-refractivity contribution in [1.82, 2.24) is 5.32 Å². The first kappa shape index (κ1) is 13.9. The van der Waals surface area contributed by atoms with Crippen molar-refractivity contribution in [1.29, 1.82) is 0 Å². The Hall–Kier alpha value is -1.50. The summed E-state index contributed by atoms with van der Waals surface area (Å²) in [6, 6.07) is 8.80. The Labute approximate surface area is 115 Å². The van der Waals surface area contributed by atoms with Crippen molar-refractivity contribution in [2.24, 2.45) is 0 Å². The molecule has 1 aromatic rings. The first-order valence-corrected chi connectivity index (χ1v) is 6.92. The predicted molar refractivity (Wildman–Crippen MR) is 79.2 cm³/mol. The van der Waals surface area contributed by atoms with Gasteiger partial charge in [-0.15, -0.1) is 11.8 Å². The van der Waals surface area contributed by atoms with Gasteiger partial charge in [0.15, 0.2) is 0 Å². The fourth-order valence-corrected chi connectivity index (χ4v) is 2.15. The number of nitrogens with zero attached hydrogens (tertiary/aromatic N) is 1. The first-order valence-electron chi connectivity index (χ1n) is 6.92. The minimum Gasteiger partial charge on any atom is -0.378 e. The smallest absolute Gasteiger partial charge is 0.0642 e. The first-order chi connectivity index (χ1) is 9.40. The molecule has 3 nitrogen and oxygen atoms in total. The lowest BCUT2D eigenvalue weighted by molar-refractivity contribution is 0.122. The van der Waals surface area contributed by atoms with Gasteiger partial charge in [-0.05, 0) is 24.6 Å². The van der Waals surface area contributed by atoms with Crippen molar-refractivity contribution in [3.05, 3.63) is 29.8 Å². The molecule has 1 aliphatic rings. The van der Waals surface area contributed by atoms with E-state index in [0.717, 1.165) is 45.8 Å². The maximum Gasteiger partial charge on any atom is 0.0642 e. The number of morpholine rings is 1. The van der Waals surface area contributed by atoms with Crippen LogP contribution in [0.15, 0.2) is 24.3 Å². The molecule has 1 heterocycles. The normalized spacial score (nSPS) is 14.9. The van der Waals surface area contributed by atoms with Crippen molar-refractivity contribution < 1.29 is 4.74 Å². The van der Waals surface area contributed by atoms with Gasteiger partial charge in [-0.25, -0.2) is 0 Å². The molecular formula is C16H22N2O. The Balaban J connectivity index is 1.78. The van der Waals surface area contributed by atoms with E-state index in [1.54, 1.807) is 0 Å². The highest BCUT2D eigenvalue weighted by Crippen LogP contribution is 2.16. The molecule has 0 spiro atoms. The third-order valence-corrected chi connectivity index (χ3v) is 3.25. The van der Waals surface area contributed by atoms with E-state index in [1.807, 2.05) is 6.92 Å². The van der Waals surface area contributed by atoms with E-state index in [4.69, 9.17) is 4.74 Å². The summed E-state index contributed by atoms with van der Waals surface area (Å²) in [4.78, 5) is 2.37. The lowest BCUT2D eigenvalue weighted by atomic mass is 10.2. The van der Waals surface area contributed by atoms with Crippen molar-refractivity contribution in [2.45, 2.75) is 19.9 Å². The van der Waals surface area contributed by atoms with Gasteiger partial charge >= 0.3 is 0 Å². The van der Waals surface area contributed by atoms with Gasteiger partial charge in [0.1, 0.15) is 0 Å². The van der Waals surface area contributed by atoms with Crippen LogP contribution in [0.3, 0.4) is 0 Å². The van der Waals surface area contributed by atoms with Crippen molar-refractivity contribution in [3.63, 3.8) is 0 Å². The Morgan fingerprint density at radius 1 is 1.21 bits per heavy atom. The number of benzene rings is 1. The largest absolute Gasteiger partial charge is 0.378 e. The van der Waals surface area contributed by atoms with Crippen LogP contribution in [0.2, 0.25) is 0 Å². The van der Waals surface area contributed by atoms with Crippen molar-refractivity contribution >= 4 is 5.69 Å². The average molecular weight is 258 g/mol. The van der Waals surface area contributed by atoms with Gasteiger partial charge in [-0.2, -0.15) is 0 Å². The summed E-state index contributed by atoms with van der Waals surface area (Å²) in [5, 5.41) is 3.40. The van der Waals surface area contributed by atoms with Crippen molar-refractivity contribution in [3.8, 4) is 11.8 Å². The Kier molecular flexibility index (Phi) is 5.74. The summed E-state index contributed by atoms with van der Waals surface area (Å²) in [6.45, 7) is 7.40. The van der Waals surface area contributed by atoms with Gasteiger partial charge < -0.3 is 15.0 Å². The van der Waals surface area contributed by atoms with Crippen LogP contribution in [-0.4, -0.2) is 32.8 Å². The van der Waals surface area contributed by atoms with Gasteiger partial charge in [-0.1, -0.05) is 12.1 Å². The summed E-state index contributed by atoms with van der Waals surface area (Å²) in [5.41, 5.74) is 2.62. The van der Waals surface area contributed by atoms with Crippen LogP contribution < -0.4 is 10.2 Å². The average Bonchev–Trinajstić information content (AvgIpc) is 2.49. The van der Waals surface area contributed by atoms with E-state index in [0.29, 0.717) is 0 Å². The van der Waals surface area contributed by atoms with E-state index in [1.165, 1.54) is 11.3 Å². The zero-order valence-electron chi connectivity index (χ0n) is 11.6. The molecule has 0 unspecified atom stereocenters. The topological polar surface area (TPSA) is 24.5 Å². The lowest BCUT2D eigenvalue weighted by Gasteiger charge is -2.28. The van der Waals surface area contributed by atoms with Gasteiger partial charge in [0.05, 0.1) is 13.2 Å². The van der Waals surface area contributed by atoms with Gasteiger partial charge in [0.25, 0.3) is 0 Å². The molecule has 1 saturated heterocycles. The molecule has 1 aromatic carbocycles. The molecule has 1 N–H and O–H groups in total. The number of rotatable bonds is 5. The standard InChI is InChI=1S/C16H22N2O/c1-2-3-4-9-17-14-15-5-7-16(8-6-15)18-10-12-19-13-11-18/h5-8,17H,4,9-14H2,1H3. The number of nitrogens with one attached hydrogen (secondary N) is 1. The van der Waals surface area contributed by atoms with Crippen LogP contribution in [-0.2, 0) is 11.3 Å². The molecule has 1 aliphatic heterocycles. The molecule has 1 fully saturated rings. The number of ether oxygens (including phenoxy) is 1. The Bertz CT molecular complexity index is 424. The monoisotopic (exact) mass is 258 g/mol. The van der Waals surface area contributed by atoms with Gasteiger partial charge in [0, 0.05) is 38.3 Å². The van der Waals surface area contributed by atoms with Crippen LogP contribution in [0.1, 0.15) is 18.9 Å². The summed E-state index contributed by atoms with van der Waals surface area (Å²) in [5.74, 6) is 5.96. The second-order valence-electron chi connectivity index (χ2n) is 4.62. The fourth-order valence-electron chi connectivity index (χ4n) is 2.15. The molecule has 2 rings (SSSR count). The van der Waals surface area contributed by atoms with E-state index >= 15 is 0 Å². The van der Waals surface area contributed by atoms with Crippen molar-refractivity contribution in [2.75, 3.05) is 37.7 Å². The number of hydrogen-bond donors (Lipinski definition) is 1. The Morgan fingerprint density at radius 3 is 2.63 bits per heavy atom. The molecule has 0 aliphatic carbocycles. The van der Waals surface area contributed by atoms with Crippen LogP contribution in [0.4, 0.5) is 5.69 Å². The quantitative estimate of drug-likeness (QED) is 0.646. The van der Waals surface area contributed by atoms with Crippen LogP contribution in [0, 0.1) is 11.8 Å². The van der Waals surface area contributed by atoms with E-state index in [-0.39, 0.29) is 0 Å². The zero-order valence-corrected chi connectivity index (χ0v) is 11.6. The van der Waals surface area contributed by atoms with E-state index in [9.17, 15) is 0 Å². The molecule has 19 heavy (non-hydrogen) atoms. The minimum atomic E-state index is 0.835. The SMILES string of the molecule is CC#CCCNCc1ccc(N2CCOCC2)cc1. The molecule has 0 atom stereocenters. The van der Waals surface area contributed by atoms with Crippen LogP contribution >= 0.6 is 0 Å². The summed E-state index contributed by atoms with van der Waals surface area (Å²) >= 11 is 0. The van der Waals surface area contributed by atoms with E-state index < -0.39 is 0 Å². The van der Waals surface area contributed by atoms with Crippen LogP contribution in [0.5, 0.6) is 0 Å². The summed E-state index contributed by atoms with van der Waals surface area (Å²) in [7, 11) is 0. The number of hydrogen-bond acceptors (Lipinski definition) is 3. The third-order valence-electron chi connectivity index (χ3n) is 3.25. The second-order valence-corrected chi connectivity index (χ2v) is 4.62. The fraction of sp³-hybridized carbons (Fsp3) is 0.500. The molecule has 3 heteroatoms. The number of anilines is 1. The second kappa shape index (κ2) is 7.83. The van der Waals surface area contributed by atoms with Gasteiger partial charge in [0.2, 0.25) is 0 Å². The highest BCUT2D eigenvalue weighted by molar-refractivity contribution is 5.47. The molecule has 0 bridgehead atoms.